The molecular formula is C14H20N4O2S. The molecule has 0 aliphatic rings. The van der Waals surface area contributed by atoms with Crippen molar-refractivity contribution in [1.82, 2.24) is 14.5 Å². The van der Waals surface area contributed by atoms with Gasteiger partial charge in [0.1, 0.15) is 0 Å². The third-order valence-electron chi connectivity index (χ3n) is 3.57. The van der Waals surface area contributed by atoms with Crippen LogP contribution in [0.1, 0.15) is 16.8 Å². The Hall–Kier alpha value is -1.86. The summed E-state index contributed by atoms with van der Waals surface area (Å²) < 4.78 is 28.1. The first kappa shape index (κ1) is 15.5. The molecule has 7 heteroatoms. The number of anilines is 1. The van der Waals surface area contributed by atoms with Gasteiger partial charge in [0.2, 0.25) is 10.0 Å². The fourth-order valence-corrected chi connectivity index (χ4v) is 3.02. The van der Waals surface area contributed by atoms with Crippen molar-refractivity contribution in [2.45, 2.75) is 25.3 Å². The number of rotatable bonds is 5. The summed E-state index contributed by atoms with van der Waals surface area (Å²) in [4.78, 5) is 0.290. The van der Waals surface area contributed by atoms with Gasteiger partial charge in [-0.25, -0.2) is 13.1 Å². The number of aromatic nitrogens is 2. The molecule has 0 saturated carbocycles. The molecule has 2 N–H and O–H groups in total. The molecule has 2 rings (SSSR count). The third-order valence-corrected chi connectivity index (χ3v) is 5.12. The van der Waals surface area contributed by atoms with Gasteiger partial charge < -0.3 is 5.32 Å². The molecule has 114 valence electrons. The van der Waals surface area contributed by atoms with Gasteiger partial charge in [-0.2, -0.15) is 5.10 Å². The van der Waals surface area contributed by atoms with Crippen molar-refractivity contribution in [3.63, 3.8) is 0 Å². The van der Waals surface area contributed by atoms with Gasteiger partial charge in [-0.3, -0.25) is 4.68 Å². The second-order valence-corrected chi connectivity index (χ2v) is 6.78. The van der Waals surface area contributed by atoms with E-state index in [1.54, 1.807) is 19.1 Å². The quantitative estimate of drug-likeness (QED) is 0.879. The monoisotopic (exact) mass is 308 g/mol. The van der Waals surface area contributed by atoms with Gasteiger partial charge >= 0.3 is 0 Å². The Labute approximate surface area is 125 Å². The zero-order valence-electron chi connectivity index (χ0n) is 12.6. The maximum atomic E-state index is 12.0. The van der Waals surface area contributed by atoms with Crippen LogP contribution in [0.5, 0.6) is 0 Å². The molecule has 6 nitrogen and oxygen atoms in total. The van der Waals surface area contributed by atoms with Crippen LogP contribution >= 0.6 is 0 Å². The summed E-state index contributed by atoms with van der Waals surface area (Å²) in [5.74, 6) is 0. The third kappa shape index (κ3) is 3.25. The van der Waals surface area contributed by atoms with E-state index in [1.807, 2.05) is 30.9 Å². The van der Waals surface area contributed by atoms with E-state index in [9.17, 15) is 8.42 Å². The lowest BCUT2D eigenvalue weighted by Gasteiger charge is -2.11. The standard InChI is InChI=1S/C14H20N4O2S/c1-10-5-6-13(7-14(10)21(19,20)15-3)16-8-12-9-17-18(4)11(12)2/h5-7,9,15-16H,8H2,1-4H3. The van der Waals surface area contributed by atoms with Gasteiger partial charge in [0.05, 0.1) is 11.1 Å². The largest absolute Gasteiger partial charge is 0.381 e. The first-order valence-electron chi connectivity index (χ1n) is 6.60. The van der Waals surface area contributed by atoms with Crippen molar-refractivity contribution in [2.75, 3.05) is 12.4 Å². The van der Waals surface area contributed by atoms with Crippen molar-refractivity contribution < 1.29 is 8.42 Å². The highest BCUT2D eigenvalue weighted by molar-refractivity contribution is 7.89. The summed E-state index contributed by atoms with van der Waals surface area (Å²) in [5.41, 5.74) is 3.64. The predicted molar refractivity (Wildman–Crippen MR) is 82.7 cm³/mol. The topological polar surface area (TPSA) is 76.0 Å². The lowest BCUT2D eigenvalue weighted by molar-refractivity contribution is 0.587. The minimum atomic E-state index is -3.44. The molecule has 1 heterocycles. The van der Waals surface area contributed by atoms with E-state index in [-0.39, 0.29) is 4.90 Å². The van der Waals surface area contributed by atoms with Crippen molar-refractivity contribution in [3.8, 4) is 0 Å². The lowest BCUT2D eigenvalue weighted by Crippen LogP contribution is -2.19. The molecule has 0 saturated heterocycles. The number of hydrogen-bond acceptors (Lipinski definition) is 4. The molecule has 1 aromatic heterocycles. The summed E-state index contributed by atoms with van der Waals surface area (Å²) >= 11 is 0. The summed E-state index contributed by atoms with van der Waals surface area (Å²) in [6.45, 7) is 4.37. The average Bonchev–Trinajstić information content (AvgIpc) is 2.78. The van der Waals surface area contributed by atoms with E-state index in [0.717, 1.165) is 16.9 Å². The van der Waals surface area contributed by atoms with Gasteiger partial charge in [-0.05, 0) is 38.6 Å². The van der Waals surface area contributed by atoms with Gasteiger partial charge in [0.25, 0.3) is 0 Å². The maximum Gasteiger partial charge on any atom is 0.240 e. The molecule has 0 atom stereocenters. The van der Waals surface area contributed by atoms with Crippen molar-refractivity contribution in [2.24, 2.45) is 7.05 Å². The Kier molecular flexibility index (Phi) is 4.34. The molecule has 0 unspecified atom stereocenters. The first-order chi connectivity index (χ1) is 9.85. The van der Waals surface area contributed by atoms with Crippen LogP contribution in [0.25, 0.3) is 0 Å². The average molecular weight is 308 g/mol. The normalized spacial score (nSPS) is 11.6. The fraction of sp³-hybridized carbons (Fsp3) is 0.357. The van der Waals surface area contributed by atoms with Gasteiger partial charge in [0.15, 0.2) is 0 Å². The summed E-state index contributed by atoms with van der Waals surface area (Å²) in [6, 6.07) is 5.31. The Morgan fingerprint density at radius 1 is 1.29 bits per heavy atom. The van der Waals surface area contributed by atoms with Crippen molar-refractivity contribution in [1.29, 1.82) is 0 Å². The van der Waals surface area contributed by atoms with E-state index in [4.69, 9.17) is 0 Å². The van der Waals surface area contributed by atoms with Crippen LogP contribution < -0.4 is 10.0 Å². The van der Waals surface area contributed by atoms with Crippen LogP contribution in [0.2, 0.25) is 0 Å². The zero-order valence-corrected chi connectivity index (χ0v) is 13.5. The van der Waals surface area contributed by atoms with Gasteiger partial charge in [-0.15, -0.1) is 0 Å². The van der Waals surface area contributed by atoms with E-state index in [2.05, 4.69) is 15.1 Å². The van der Waals surface area contributed by atoms with Crippen LogP contribution in [0.15, 0.2) is 29.3 Å². The number of sulfonamides is 1. The molecule has 0 bridgehead atoms. The molecule has 0 aliphatic heterocycles. The number of benzene rings is 1. The van der Waals surface area contributed by atoms with E-state index < -0.39 is 10.0 Å². The van der Waals surface area contributed by atoms with Gasteiger partial charge in [0, 0.05) is 30.5 Å². The summed E-state index contributed by atoms with van der Waals surface area (Å²) in [7, 11) is -0.143. The minimum Gasteiger partial charge on any atom is -0.381 e. The maximum absolute atomic E-state index is 12.0. The molecule has 0 fully saturated rings. The number of hydrogen-bond donors (Lipinski definition) is 2. The van der Waals surface area contributed by atoms with Crippen LogP contribution in [-0.4, -0.2) is 25.2 Å². The molecular weight excluding hydrogens is 288 g/mol. The summed E-state index contributed by atoms with van der Waals surface area (Å²) in [5, 5.41) is 7.42. The molecule has 21 heavy (non-hydrogen) atoms. The highest BCUT2D eigenvalue weighted by Gasteiger charge is 2.15. The van der Waals surface area contributed by atoms with E-state index in [0.29, 0.717) is 12.1 Å². The zero-order chi connectivity index (χ0) is 15.6. The second kappa shape index (κ2) is 5.87. The molecule has 2 aromatic rings. The highest BCUT2D eigenvalue weighted by atomic mass is 32.2. The molecule has 0 spiro atoms. The Balaban J connectivity index is 2.22. The van der Waals surface area contributed by atoms with Crippen LogP contribution in [-0.2, 0) is 23.6 Å². The van der Waals surface area contributed by atoms with Crippen molar-refractivity contribution >= 4 is 15.7 Å². The molecule has 1 aromatic carbocycles. The highest BCUT2D eigenvalue weighted by Crippen LogP contribution is 2.20. The number of nitrogens with one attached hydrogen (secondary N) is 2. The smallest absolute Gasteiger partial charge is 0.240 e. The predicted octanol–water partition coefficient (Wildman–Crippen LogP) is 1.56. The minimum absolute atomic E-state index is 0.290. The Morgan fingerprint density at radius 3 is 2.57 bits per heavy atom. The first-order valence-corrected chi connectivity index (χ1v) is 8.09. The van der Waals surface area contributed by atoms with E-state index in [1.165, 1.54) is 7.05 Å². The SMILES string of the molecule is CNS(=O)(=O)c1cc(NCc2cnn(C)c2C)ccc1C. The van der Waals surface area contributed by atoms with Crippen LogP contribution in [0, 0.1) is 13.8 Å². The van der Waals surface area contributed by atoms with E-state index >= 15 is 0 Å². The molecule has 0 aliphatic carbocycles. The number of nitrogens with zero attached hydrogens (tertiary/aromatic N) is 2. The fourth-order valence-electron chi connectivity index (χ4n) is 2.02. The molecule has 0 amide bonds. The summed E-state index contributed by atoms with van der Waals surface area (Å²) in [6.07, 6.45) is 1.81. The van der Waals surface area contributed by atoms with Crippen molar-refractivity contribution in [3.05, 3.63) is 41.2 Å². The second-order valence-electron chi connectivity index (χ2n) is 4.92. The van der Waals surface area contributed by atoms with Gasteiger partial charge in [-0.1, -0.05) is 6.07 Å². The van der Waals surface area contributed by atoms with Crippen LogP contribution in [0.4, 0.5) is 5.69 Å². The van der Waals surface area contributed by atoms with Crippen LogP contribution in [0.3, 0.4) is 0 Å². The Morgan fingerprint density at radius 2 is 2.00 bits per heavy atom. The molecule has 0 radical (unpaired) electrons. The lowest BCUT2D eigenvalue weighted by atomic mass is 10.2. The number of aryl methyl sites for hydroxylation is 2. The Bertz CT molecular complexity index is 750.